The Kier molecular flexibility index (Phi) is 4.76. The summed E-state index contributed by atoms with van der Waals surface area (Å²) < 4.78 is 39.4. The molecule has 0 spiro atoms. The van der Waals surface area contributed by atoms with Gasteiger partial charge in [-0.2, -0.15) is 8.70 Å². The number of aromatic nitrogens is 1. The quantitative estimate of drug-likeness (QED) is 0.615. The topological polar surface area (TPSA) is 50.3 Å². The third-order valence-electron chi connectivity index (χ3n) is 2.33. The van der Waals surface area contributed by atoms with Crippen LogP contribution >= 0.6 is 33.2 Å². The molecule has 0 saturated carbocycles. The van der Waals surface area contributed by atoms with Gasteiger partial charge in [0.25, 0.3) is 0 Å². The van der Waals surface area contributed by atoms with Crippen molar-refractivity contribution in [2.45, 2.75) is 4.90 Å². The minimum Gasteiger partial charge on any atom is -0.207 e. The first kappa shape index (κ1) is 14.4. The lowest BCUT2D eigenvalue weighted by atomic mass is 10.5. The fourth-order valence-corrected chi connectivity index (χ4v) is 5.27. The molecule has 0 aliphatic carbocycles. The van der Waals surface area contributed by atoms with Gasteiger partial charge in [0.1, 0.15) is 10.0 Å². The molecule has 4 nitrogen and oxygen atoms in total. The van der Waals surface area contributed by atoms with Gasteiger partial charge in [-0.25, -0.2) is 13.4 Å². The molecule has 2 heterocycles. The van der Waals surface area contributed by atoms with Gasteiger partial charge < -0.3 is 0 Å². The number of hydrogen-bond acceptors (Lipinski definition) is 5. The average Bonchev–Trinajstić information content (AvgIpc) is 2.57. The van der Waals surface area contributed by atoms with E-state index in [0.29, 0.717) is 24.6 Å². The summed E-state index contributed by atoms with van der Waals surface area (Å²) in [5.74, 6) is 0.325. The summed E-state index contributed by atoms with van der Waals surface area (Å²) in [7, 11) is -0.587. The zero-order valence-corrected chi connectivity index (χ0v) is 12.4. The molecular weight excluding hydrogens is 319 g/mol. The SMILES string of the molecule is O=S(=O)(c1ccc(Cl)nc1F)N1CCSSCC1. The summed E-state index contributed by atoms with van der Waals surface area (Å²) in [6.45, 7) is 0.754. The van der Waals surface area contributed by atoms with E-state index < -0.39 is 20.9 Å². The van der Waals surface area contributed by atoms with Crippen molar-refractivity contribution in [1.82, 2.24) is 9.29 Å². The minimum atomic E-state index is -3.82. The summed E-state index contributed by atoms with van der Waals surface area (Å²) >= 11 is 5.51. The fourth-order valence-electron chi connectivity index (χ4n) is 1.48. The first-order chi connectivity index (χ1) is 8.51. The maximum atomic E-state index is 13.6. The molecule has 0 atom stereocenters. The molecule has 1 aromatic rings. The van der Waals surface area contributed by atoms with Gasteiger partial charge in [-0.3, -0.25) is 0 Å². The highest BCUT2D eigenvalue weighted by Crippen LogP contribution is 2.27. The lowest BCUT2D eigenvalue weighted by Gasteiger charge is -2.19. The van der Waals surface area contributed by atoms with Gasteiger partial charge in [0.05, 0.1) is 0 Å². The summed E-state index contributed by atoms with van der Waals surface area (Å²) in [6, 6.07) is 2.43. The van der Waals surface area contributed by atoms with Crippen LogP contribution in [0.1, 0.15) is 0 Å². The third kappa shape index (κ3) is 3.11. The second-order valence-electron chi connectivity index (χ2n) is 3.47. The van der Waals surface area contributed by atoms with Crippen LogP contribution in [0.15, 0.2) is 17.0 Å². The number of rotatable bonds is 2. The number of halogens is 2. The molecule has 0 N–H and O–H groups in total. The Bertz CT molecular complexity index is 533. The molecule has 1 aromatic heterocycles. The average molecular weight is 329 g/mol. The second-order valence-corrected chi connectivity index (χ2v) is 8.47. The third-order valence-corrected chi connectivity index (χ3v) is 6.81. The van der Waals surface area contributed by atoms with Crippen molar-refractivity contribution in [3.8, 4) is 0 Å². The van der Waals surface area contributed by atoms with Crippen LogP contribution in [0.3, 0.4) is 0 Å². The number of hydrogen-bond donors (Lipinski definition) is 0. The minimum absolute atomic E-state index is 0.0616. The molecule has 0 amide bonds. The summed E-state index contributed by atoms with van der Waals surface area (Å²) in [5.41, 5.74) is 0. The maximum absolute atomic E-state index is 13.6. The molecule has 1 saturated heterocycles. The molecule has 1 aliphatic heterocycles. The fraction of sp³-hybridized carbons (Fsp3) is 0.444. The highest BCUT2D eigenvalue weighted by molar-refractivity contribution is 8.76. The van der Waals surface area contributed by atoms with E-state index in [1.807, 2.05) is 0 Å². The Morgan fingerprint density at radius 3 is 2.44 bits per heavy atom. The van der Waals surface area contributed by atoms with E-state index in [1.54, 1.807) is 21.6 Å². The van der Waals surface area contributed by atoms with Gasteiger partial charge >= 0.3 is 0 Å². The number of sulfonamides is 1. The van der Waals surface area contributed by atoms with Crippen molar-refractivity contribution in [2.75, 3.05) is 24.6 Å². The van der Waals surface area contributed by atoms with E-state index in [-0.39, 0.29) is 5.15 Å². The monoisotopic (exact) mass is 328 g/mol. The predicted molar refractivity (Wildman–Crippen MR) is 72.9 cm³/mol. The summed E-state index contributed by atoms with van der Waals surface area (Å²) in [6.07, 6.45) is 0. The molecule has 100 valence electrons. The largest absolute Gasteiger partial charge is 0.247 e. The normalized spacial score (nSPS) is 18.6. The van der Waals surface area contributed by atoms with Crippen molar-refractivity contribution in [1.29, 1.82) is 0 Å². The van der Waals surface area contributed by atoms with Crippen LogP contribution in [0, 0.1) is 5.95 Å². The van der Waals surface area contributed by atoms with E-state index in [2.05, 4.69) is 4.98 Å². The van der Waals surface area contributed by atoms with Crippen LogP contribution in [0.4, 0.5) is 4.39 Å². The van der Waals surface area contributed by atoms with Gasteiger partial charge in [0, 0.05) is 24.6 Å². The zero-order chi connectivity index (χ0) is 13.2. The van der Waals surface area contributed by atoms with Crippen LogP contribution < -0.4 is 0 Å². The molecule has 9 heteroatoms. The summed E-state index contributed by atoms with van der Waals surface area (Å²) in [5, 5.41) is -0.0616. The molecule has 0 radical (unpaired) electrons. The van der Waals surface area contributed by atoms with Crippen molar-refractivity contribution in [3.63, 3.8) is 0 Å². The van der Waals surface area contributed by atoms with E-state index in [4.69, 9.17) is 11.6 Å². The van der Waals surface area contributed by atoms with Gasteiger partial charge in [-0.05, 0) is 12.1 Å². The van der Waals surface area contributed by atoms with Crippen molar-refractivity contribution in [3.05, 3.63) is 23.2 Å². The van der Waals surface area contributed by atoms with Crippen molar-refractivity contribution < 1.29 is 12.8 Å². The molecule has 0 bridgehead atoms. The highest BCUT2D eigenvalue weighted by atomic mass is 35.5. The zero-order valence-electron chi connectivity index (χ0n) is 9.17. The molecule has 1 aliphatic rings. The van der Waals surface area contributed by atoms with E-state index in [1.165, 1.54) is 10.4 Å². The predicted octanol–water partition coefficient (Wildman–Crippen LogP) is 2.26. The lowest BCUT2D eigenvalue weighted by Crippen LogP contribution is -2.34. The van der Waals surface area contributed by atoms with Gasteiger partial charge in [0.15, 0.2) is 0 Å². The molecule has 1 fully saturated rings. The first-order valence-corrected chi connectivity index (χ1v) is 9.39. The molecule has 18 heavy (non-hydrogen) atoms. The molecule has 0 unspecified atom stereocenters. The van der Waals surface area contributed by atoms with Crippen molar-refractivity contribution in [2.24, 2.45) is 0 Å². The number of pyridine rings is 1. The van der Waals surface area contributed by atoms with E-state index in [9.17, 15) is 12.8 Å². The van der Waals surface area contributed by atoms with Crippen LogP contribution in [-0.2, 0) is 10.0 Å². The molecule has 0 aromatic carbocycles. The van der Waals surface area contributed by atoms with Gasteiger partial charge in [-0.1, -0.05) is 33.2 Å². The number of nitrogens with zero attached hydrogens (tertiary/aromatic N) is 2. The Labute approximate surface area is 118 Å². The van der Waals surface area contributed by atoms with Gasteiger partial charge in [-0.15, -0.1) is 0 Å². The molecular formula is C9H10ClFN2O2S3. The van der Waals surface area contributed by atoms with Crippen LogP contribution in [0.2, 0.25) is 5.15 Å². The lowest BCUT2D eigenvalue weighted by molar-refractivity contribution is 0.442. The highest BCUT2D eigenvalue weighted by Gasteiger charge is 2.28. The standard InChI is InChI=1S/C9H10ClFN2O2S3/c10-8-2-1-7(9(11)12-8)18(14,15)13-3-5-16-17-6-4-13/h1-2H,3-6H2. The van der Waals surface area contributed by atoms with Crippen LogP contribution in [0.25, 0.3) is 0 Å². The van der Waals surface area contributed by atoms with E-state index in [0.717, 1.165) is 6.07 Å². The first-order valence-electron chi connectivity index (χ1n) is 5.08. The second kappa shape index (κ2) is 5.96. The Hall–Kier alpha value is -0.0200. The van der Waals surface area contributed by atoms with Crippen LogP contribution in [-0.4, -0.2) is 42.3 Å². The van der Waals surface area contributed by atoms with Crippen molar-refractivity contribution >= 4 is 43.2 Å². The Morgan fingerprint density at radius 2 is 1.89 bits per heavy atom. The Balaban J connectivity index is 2.34. The van der Waals surface area contributed by atoms with E-state index >= 15 is 0 Å². The molecule has 2 rings (SSSR count). The maximum Gasteiger partial charge on any atom is 0.247 e. The Morgan fingerprint density at radius 1 is 1.28 bits per heavy atom. The van der Waals surface area contributed by atoms with Gasteiger partial charge in [0.2, 0.25) is 16.0 Å². The summed E-state index contributed by atoms with van der Waals surface area (Å²) in [4.78, 5) is 2.93. The smallest absolute Gasteiger partial charge is 0.207 e. The van der Waals surface area contributed by atoms with Crippen LogP contribution in [0.5, 0.6) is 0 Å².